The van der Waals surface area contributed by atoms with Gasteiger partial charge in [-0.15, -0.1) is 0 Å². The highest BCUT2D eigenvalue weighted by Crippen LogP contribution is 2.30. The third-order valence-corrected chi connectivity index (χ3v) is 7.57. The lowest BCUT2D eigenvalue weighted by atomic mass is 10.1. The molecule has 3 aromatic carbocycles. The van der Waals surface area contributed by atoms with Crippen molar-refractivity contribution in [2.75, 3.05) is 25.5 Å². The first-order valence-corrected chi connectivity index (χ1v) is 11.9. The van der Waals surface area contributed by atoms with E-state index in [1.54, 1.807) is 12.1 Å². The van der Waals surface area contributed by atoms with Crippen LogP contribution < -0.4 is 10.1 Å². The Kier molecular flexibility index (Phi) is 6.25. The molecular weight excluding hydrogens is 412 g/mol. The number of carbonyl (C=O) groups is 1. The van der Waals surface area contributed by atoms with Gasteiger partial charge in [-0.2, -0.15) is 4.31 Å². The molecule has 0 radical (unpaired) electrons. The summed E-state index contributed by atoms with van der Waals surface area (Å²) in [5.41, 5.74) is 0.943. The van der Waals surface area contributed by atoms with Crippen molar-refractivity contribution >= 4 is 32.4 Å². The molecule has 1 fully saturated rings. The second-order valence-corrected chi connectivity index (χ2v) is 9.57. The Morgan fingerprint density at radius 3 is 2.39 bits per heavy atom. The van der Waals surface area contributed by atoms with E-state index in [4.69, 9.17) is 4.74 Å². The zero-order chi connectivity index (χ0) is 21.8. The monoisotopic (exact) mass is 438 g/mol. The highest BCUT2D eigenvalue weighted by molar-refractivity contribution is 7.89. The van der Waals surface area contributed by atoms with E-state index in [1.165, 1.54) is 17.5 Å². The van der Waals surface area contributed by atoms with Crippen LogP contribution in [0.1, 0.15) is 36.0 Å². The summed E-state index contributed by atoms with van der Waals surface area (Å²) in [7, 11) is -2.33. The summed E-state index contributed by atoms with van der Waals surface area (Å²) >= 11 is 0. The number of rotatable bonds is 5. The Morgan fingerprint density at radius 2 is 1.65 bits per heavy atom. The van der Waals surface area contributed by atoms with Crippen LogP contribution >= 0.6 is 0 Å². The van der Waals surface area contributed by atoms with Gasteiger partial charge in [0.05, 0.1) is 7.11 Å². The van der Waals surface area contributed by atoms with Crippen LogP contribution in [0, 0.1) is 0 Å². The first kappa shape index (κ1) is 21.3. The molecule has 162 valence electrons. The van der Waals surface area contributed by atoms with Crippen LogP contribution in [0.5, 0.6) is 5.75 Å². The molecule has 1 heterocycles. The predicted molar refractivity (Wildman–Crippen MR) is 122 cm³/mol. The lowest BCUT2D eigenvalue weighted by Gasteiger charge is -2.21. The molecule has 0 unspecified atom stereocenters. The third-order valence-electron chi connectivity index (χ3n) is 5.65. The molecular formula is C24H26N2O4S. The van der Waals surface area contributed by atoms with Crippen molar-refractivity contribution in [2.24, 2.45) is 0 Å². The molecule has 1 saturated heterocycles. The standard InChI is InChI=1S/C24H26N2O4S/c1-30-22-14-13-19(17-23(22)31(28,29)26-15-6-2-3-7-16-26)24(27)25-21-12-8-10-18-9-4-5-11-20(18)21/h4-5,8-14,17H,2-3,6-7,15-16H2,1H3,(H,25,27). The summed E-state index contributed by atoms with van der Waals surface area (Å²) in [5.74, 6) is -0.128. The van der Waals surface area contributed by atoms with Gasteiger partial charge in [-0.3, -0.25) is 4.79 Å². The minimum absolute atomic E-state index is 0.0301. The largest absolute Gasteiger partial charge is 0.495 e. The Balaban J connectivity index is 1.67. The molecule has 1 N–H and O–H groups in total. The van der Waals surface area contributed by atoms with Crippen LogP contribution in [0.25, 0.3) is 10.8 Å². The molecule has 0 aromatic heterocycles. The lowest BCUT2D eigenvalue weighted by molar-refractivity contribution is 0.102. The smallest absolute Gasteiger partial charge is 0.255 e. The van der Waals surface area contributed by atoms with Gasteiger partial charge in [-0.25, -0.2) is 8.42 Å². The van der Waals surface area contributed by atoms with Crippen molar-refractivity contribution < 1.29 is 17.9 Å². The van der Waals surface area contributed by atoms with E-state index < -0.39 is 10.0 Å². The highest BCUT2D eigenvalue weighted by Gasteiger charge is 2.29. The van der Waals surface area contributed by atoms with Gasteiger partial charge in [0.25, 0.3) is 5.91 Å². The van der Waals surface area contributed by atoms with Gasteiger partial charge in [0.1, 0.15) is 10.6 Å². The van der Waals surface area contributed by atoms with Crippen LogP contribution in [0.15, 0.2) is 65.6 Å². The van der Waals surface area contributed by atoms with Gasteiger partial charge in [-0.05, 0) is 42.5 Å². The molecule has 3 aromatic rings. The summed E-state index contributed by atoms with van der Waals surface area (Å²) in [6.45, 7) is 0.968. The number of fused-ring (bicyclic) bond motifs is 1. The number of amides is 1. The maximum atomic E-state index is 13.3. The number of anilines is 1. The van der Waals surface area contributed by atoms with Crippen molar-refractivity contribution in [3.63, 3.8) is 0 Å². The van der Waals surface area contributed by atoms with Gasteiger partial charge in [0.2, 0.25) is 10.0 Å². The number of nitrogens with zero attached hydrogens (tertiary/aromatic N) is 1. The number of hydrogen-bond donors (Lipinski definition) is 1. The van der Waals surface area contributed by atoms with Crippen molar-refractivity contribution in [3.05, 3.63) is 66.2 Å². The number of nitrogens with one attached hydrogen (secondary N) is 1. The van der Waals surface area contributed by atoms with Crippen molar-refractivity contribution in [3.8, 4) is 5.75 Å². The average Bonchev–Trinajstić information content (AvgIpc) is 3.09. The Labute approximate surface area is 182 Å². The van der Waals surface area contributed by atoms with Crippen molar-refractivity contribution in [1.29, 1.82) is 0 Å². The minimum Gasteiger partial charge on any atom is -0.495 e. The Morgan fingerprint density at radius 1 is 0.935 bits per heavy atom. The van der Waals surface area contributed by atoms with Crippen LogP contribution in [-0.2, 0) is 10.0 Å². The Bertz CT molecular complexity index is 1190. The van der Waals surface area contributed by atoms with E-state index >= 15 is 0 Å². The normalized spacial score (nSPS) is 15.4. The average molecular weight is 439 g/mol. The maximum absolute atomic E-state index is 13.3. The van der Waals surface area contributed by atoms with Gasteiger partial charge in [-0.1, -0.05) is 49.2 Å². The first-order chi connectivity index (χ1) is 15.0. The zero-order valence-electron chi connectivity index (χ0n) is 17.5. The van der Waals surface area contributed by atoms with Gasteiger partial charge in [0, 0.05) is 29.7 Å². The van der Waals surface area contributed by atoms with Gasteiger partial charge in [0.15, 0.2) is 0 Å². The molecule has 6 nitrogen and oxygen atoms in total. The SMILES string of the molecule is COc1ccc(C(=O)Nc2cccc3ccccc23)cc1S(=O)(=O)N1CCCCCC1. The van der Waals surface area contributed by atoms with Crippen molar-refractivity contribution in [2.45, 2.75) is 30.6 Å². The fourth-order valence-electron chi connectivity index (χ4n) is 3.97. The second kappa shape index (κ2) is 9.08. The quantitative estimate of drug-likeness (QED) is 0.628. The molecule has 7 heteroatoms. The fraction of sp³-hybridized carbons (Fsp3) is 0.292. The van der Waals surface area contributed by atoms with E-state index in [0.717, 1.165) is 36.5 Å². The molecule has 1 aliphatic heterocycles. The summed E-state index contributed by atoms with van der Waals surface area (Å²) in [6.07, 6.45) is 3.72. The molecule has 0 spiro atoms. The van der Waals surface area contributed by atoms with E-state index in [0.29, 0.717) is 18.8 Å². The zero-order valence-corrected chi connectivity index (χ0v) is 18.3. The van der Waals surface area contributed by atoms with Gasteiger partial charge >= 0.3 is 0 Å². The number of hydrogen-bond acceptors (Lipinski definition) is 4. The minimum atomic E-state index is -3.76. The number of ether oxygens (including phenoxy) is 1. The molecule has 0 atom stereocenters. The second-order valence-electron chi connectivity index (χ2n) is 7.66. The molecule has 1 aliphatic rings. The lowest BCUT2D eigenvalue weighted by Crippen LogP contribution is -2.32. The summed E-state index contributed by atoms with van der Waals surface area (Å²) < 4.78 is 33.5. The van der Waals surface area contributed by atoms with Crippen LogP contribution in [0.4, 0.5) is 5.69 Å². The van der Waals surface area contributed by atoms with Crippen LogP contribution in [0.2, 0.25) is 0 Å². The molecule has 1 amide bonds. The number of carbonyl (C=O) groups excluding carboxylic acids is 1. The topological polar surface area (TPSA) is 75.7 Å². The van der Waals surface area contributed by atoms with E-state index in [-0.39, 0.29) is 22.1 Å². The molecule has 0 aliphatic carbocycles. The van der Waals surface area contributed by atoms with E-state index in [2.05, 4.69) is 5.32 Å². The third kappa shape index (κ3) is 4.43. The van der Waals surface area contributed by atoms with Crippen molar-refractivity contribution in [1.82, 2.24) is 4.31 Å². The van der Waals surface area contributed by atoms with E-state index in [9.17, 15) is 13.2 Å². The van der Waals surface area contributed by atoms with Gasteiger partial charge < -0.3 is 10.1 Å². The van der Waals surface area contributed by atoms with Crippen LogP contribution in [-0.4, -0.2) is 38.8 Å². The molecule has 0 saturated carbocycles. The number of benzene rings is 3. The molecule has 4 rings (SSSR count). The summed E-state index contributed by atoms with van der Waals surface area (Å²) in [4.78, 5) is 13.0. The predicted octanol–water partition coefficient (Wildman–Crippen LogP) is 4.67. The molecule has 31 heavy (non-hydrogen) atoms. The summed E-state index contributed by atoms with van der Waals surface area (Å²) in [6, 6.07) is 18.0. The highest BCUT2D eigenvalue weighted by atomic mass is 32.2. The van der Waals surface area contributed by atoms with E-state index in [1.807, 2.05) is 42.5 Å². The fourth-order valence-corrected chi connectivity index (χ4v) is 5.67. The molecule has 0 bridgehead atoms. The number of methoxy groups -OCH3 is 1. The number of sulfonamides is 1. The maximum Gasteiger partial charge on any atom is 0.255 e. The van der Waals surface area contributed by atoms with Crippen LogP contribution in [0.3, 0.4) is 0 Å². The summed E-state index contributed by atoms with van der Waals surface area (Å²) in [5, 5.41) is 4.85. The Hall–Kier alpha value is -2.90. The first-order valence-electron chi connectivity index (χ1n) is 10.5.